The number of hydrogen-bond acceptors (Lipinski definition) is 2. The fourth-order valence-corrected chi connectivity index (χ4v) is 1.93. The summed E-state index contributed by atoms with van der Waals surface area (Å²) in [6.45, 7) is 6.05. The first-order chi connectivity index (χ1) is 8.26. The van der Waals surface area contributed by atoms with Gasteiger partial charge in [-0.1, -0.05) is 36.4 Å². The number of allylic oxidation sites excluding steroid dienone is 1. The molecule has 0 aromatic heterocycles. The minimum absolute atomic E-state index is 0.136. The molecule has 2 heteroatoms. The van der Waals surface area contributed by atoms with Gasteiger partial charge in [0.1, 0.15) is 0 Å². The van der Waals surface area contributed by atoms with E-state index in [0.29, 0.717) is 6.04 Å². The first-order valence-corrected chi connectivity index (χ1v) is 6.28. The van der Waals surface area contributed by atoms with Crippen LogP contribution in [0.2, 0.25) is 0 Å². The van der Waals surface area contributed by atoms with Gasteiger partial charge in [0, 0.05) is 12.1 Å². The van der Waals surface area contributed by atoms with Gasteiger partial charge in [-0.2, -0.15) is 0 Å². The highest BCUT2D eigenvalue weighted by molar-refractivity contribution is 5.15. The summed E-state index contributed by atoms with van der Waals surface area (Å²) < 4.78 is 0. The lowest BCUT2D eigenvalue weighted by Crippen LogP contribution is -2.40. The van der Waals surface area contributed by atoms with E-state index in [1.165, 1.54) is 5.56 Å². The number of hydrogen-bond donors (Lipinski definition) is 2. The van der Waals surface area contributed by atoms with Crippen LogP contribution < -0.4 is 5.32 Å². The fraction of sp³-hybridized carbons (Fsp3) is 0.467. The monoisotopic (exact) mass is 233 g/mol. The third-order valence-corrected chi connectivity index (χ3v) is 2.87. The standard InChI is InChI=1S/C15H23NO/c1-3-4-8-13(2)16-15(12-17)11-14-9-6-5-7-10-14/h3,5-7,9-10,13,15-17H,1,4,8,11-12H2,2H3/t13?,15-/m0/s1. The second kappa shape index (κ2) is 8.04. The summed E-state index contributed by atoms with van der Waals surface area (Å²) in [5, 5.41) is 12.8. The fourth-order valence-electron chi connectivity index (χ4n) is 1.93. The van der Waals surface area contributed by atoms with E-state index >= 15 is 0 Å². The van der Waals surface area contributed by atoms with E-state index in [0.717, 1.165) is 19.3 Å². The first-order valence-electron chi connectivity index (χ1n) is 6.28. The van der Waals surface area contributed by atoms with E-state index in [1.807, 2.05) is 24.3 Å². The van der Waals surface area contributed by atoms with Gasteiger partial charge >= 0.3 is 0 Å². The lowest BCUT2D eigenvalue weighted by Gasteiger charge is -2.21. The molecule has 1 aromatic rings. The Morgan fingerprint density at radius 3 is 2.65 bits per heavy atom. The SMILES string of the molecule is C=CCCC(C)N[C@H](CO)Cc1ccccc1. The third-order valence-electron chi connectivity index (χ3n) is 2.87. The molecule has 0 aliphatic heterocycles. The maximum absolute atomic E-state index is 9.38. The summed E-state index contributed by atoms with van der Waals surface area (Å²) in [5.74, 6) is 0. The molecule has 0 fully saturated rings. The first kappa shape index (κ1) is 13.9. The van der Waals surface area contributed by atoms with Crippen LogP contribution in [0.15, 0.2) is 43.0 Å². The average molecular weight is 233 g/mol. The number of aliphatic hydroxyl groups is 1. The molecule has 0 heterocycles. The Kier molecular flexibility index (Phi) is 6.60. The molecule has 0 aliphatic rings. The molecule has 1 unspecified atom stereocenters. The Labute approximate surface area is 104 Å². The molecule has 2 atom stereocenters. The van der Waals surface area contributed by atoms with E-state index in [4.69, 9.17) is 0 Å². The van der Waals surface area contributed by atoms with Crippen molar-refractivity contribution in [1.29, 1.82) is 0 Å². The van der Waals surface area contributed by atoms with Crippen molar-refractivity contribution in [2.24, 2.45) is 0 Å². The lowest BCUT2D eigenvalue weighted by molar-refractivity contribution is 0.230. The number of benzene rings is 1. The van der Waals surface area contributed by atoms with Crippen molar-refractivity contribution in [1.82, 2.24) is 5.32 Å². The highest BCUT2D eigenvalue weighted by atomic mass is 16.3. The highest BCUT2D eigenvalue weighted by Crippen LogP contribution is 2.05. The van der Waals surface area contributed by atoms with Crippen LogP contribution in [-0.2, 0) is 6.42 Å². The van der Waals surface area contributed by atoms with E-state index in [2.05, 4.69) is 31.0 Å². The molecule has 17 heavy (non-hydrogen) atoms. The topological polar surface area (TPSA) is 32.3 Å². The Bertz CT molecular complexity index is 310. The predicted octanol–water partition coefficient (Wildman–Crippen LogP) is 2.53. The summed E-state index contributed by atoms with van der Waals surface area (Å²) in [4.78, 5) is 0. The van der Waals surface area contributed by atoms with Crippen molar-refractivity contribution in [3.8, 4) is 0 Å². The second-order valence-corrected chi connectivity index (χ2v) is 4.50. The summed E-state index contributed by atoms with van der Waals surface area (Å²) >= 11 is 0. The zero-order chi connectivity index (χ0) is 12.5. The van der Waals surface area contributed by atoms with Crippen LogP contribution in [-0.4, -0.2) is 23.8 Å². The summed E-state index contributed by atoms with van der Waals surface area (Å²) in [5.41, 5.74) is 1.26. The minimum Gasteiger partial charge on any atom is -0.395 e. The second-order valence-electron chi connectivity index (χ2n) is 4.50. The normalized spacial score (nSPS) is 14.2. The summed E-state index contributed by atoms with van der Waals surface area (Å²) in [6.07, 6.45) is 4.88. The Hall–Kier alpha value is -1.12. The van der Waals surface area contributed by atoms with Gasteiger partial charge in [0.25, 0.3) is 0 Å². The Morgan fingerprint density at radius 2 is 2.06 bits per heavy atom. The van der Waals surface area contributed by atoms with Gasteiger partial charge in [-0.3, -0.25) is 0 Å². The maximum atomic E-state index is 9.38. The molecule has 0 saturated heterocycles. The largest absolute Gasteiger partial charge is 0.395 e. The van der Waals surface area contributed by atoms with Crippen LogP contribution in [0.1, 0.15) is 25.3 Å². The molecule has 94 valence electrons. The molecule has 0 saturated carbocycles. The van der Waals surface area contributed by atoms with E-state index in [-0.39, 0.29) is 12.6 Å². The Morgan fingerprint density at radius 1 is 1.35 bits per heavy atom. The average Bonchev–Trinajstić information content (AvgIpc) is 2.36. The number of aliphatic hydroxyl groups excluding tert-OH is 1. The zero-order valence-electron chi connectivity index (χ0n) is 10.6. The van der Waals surface area contributed by atoms with Crippen molar-refractivity contribution in [2.75, 3.05) is 6.61 Å². The van der Waals surface area contributed by atoms with Gasteiger partial charge in [0.05, 0.1) is 6.61 Å². The smallest absolute Gasteiger partial charge is 0.0587 e. The van der Waals surface area contributed by atoms with Crippen LogP contribution in [0.4, 0.5) is 0 Å². The van der Waals surface area contributed by atoms with Crippen LogP contribution in [0.25, 0.3) is 0 Å². The van der Waals surface area contributed by atoms with Crippen molar-refractivity contribution >= 4 is 0 Å². The molecule has 0 radical (unpaired) electrons. The van der Waals surface area contributed by atoms with Crippen LogP contribution >= 0.6 is 0 Å². The zero-order valence-corrected chi connectivity index (χ0v) is 10.6. The molecule has 0 amide bonds. The molecule has 1 aromatic carbocycles. The van der Waals surface area contributed by atoms with Crippen LogP contribution in [0, 0.1) is 0 Å². The predicted molar refractivity (Wildman–Crippen MR) is 73.0 cm³/mol. The molecule has 0 aliphatic carbocycles. The van der Waals surface area contributed by atoms with Crippen molar-refractivity contribution < 1.29 is 5.11 Å². The van der Waals surface area contributed by atoms with E-state index < -0.39 is 0 Å². The van der Waals surface area contributed by atoms with Gasteiger partial charge in [-0.05, 0) is 31.7 Å². The lowest BCUT2D eigenvalue weighted by atomic mass is 10.0. The minimum atomic E-state index is 0.136. The van der Waals surface area contributed by atoms with Gasteiger partial charge in [-0.15, -0.1) is 6.58 Å². The highest BCUT2D eigenvalue weighted by Gasteiger charge is 2.11. The van der Waals surface area contributed by atoms with Gasteiger partial charge in [0.2, 0.25) is 0 Å². The Balaban J connectivity index is 2.40. The molecule has 1 rings (SSSR count). The molecular formula is C15H23NO. The van der Waals surface area contributed by atoms with Crippen molar-refractivity contribution in [3.05, 3.63) is 48.6 Å². The third kappa shape index (κ3) is 5.66. The molecular weight excluding hydrogens is 210 g/mol. The quantitative estimate of drug-likeness (QED) is 0.676. The van der Waals surface area contributed by atoms with Crippen LogP contribution in [0.3, 0.4) is 0 Å². The number of nitrogens with one attached hydrogen (secondary N) is 1. The van der Waals surface area contributed by atoms with Crippen molar-refractivity contribution in [2.45, 2.75) is 38.3 Å². The summed E-state index contributed by atoms with van der Waals surface area (Å²) in [7, 11) is 0. The maximum Gasteiger partial charge on any atom is 0.0587 e. The van der Waals surface area contributed by atoms with Gasteiger partial charge < -0.3 is 10.4 Å². The van der Waals surface area contributed by atoms with E-state index in [1.54, 1.807) is 0 Å². The van der Waals surface area contributed by atoms with Gasteiger partial charge in [0.15, 0.2) is 0 Å². The molecule has 2 nitrogen and oxygen atoms in total. The molecule has 0 bridgehead atoms. The number of rotatable bonds is 8. The summed E-state index contributed by atoms with van der Waals surface area (Å²) in [6, 6.07) is 10.8. The molecule has 0 spiro atoms. The molecule has 2 N–H and O–H groups in total. The van der Waals surface area contributed by atoms with Crippen LogP contribution in [0.5, 0.6) is 0 Å². The van der Waals surface area contributed by atoms with Crippen molar-refractivity contribution in [3.63, 3.8) is 0 Å². The van der Waals surface area contributed by atoms with Gasteiger partial charge in [-0.25, -0.2) is 0 Å². The van der Waals surface area contributed by atoms with E-state index in [9.17, 15) is 5.11 Å².